The Bertz CT molecular complexity index is 539. The van der Waals surface area contributed by atoms with Gasteiger partial charge in [0.15, 0.2) is 5.75 Å². The van der Waals surface area contributed by atoms with Gasteiger partial charge in [-0.15, -0.1) is 0 Å². The summed E-state index contributed by atoms with van der Waals surface area (Å²) in [5, 5.41) is 13.7. The monoisotopic (exact) mass is 306 g/mol. The SMILES string of the molecule is COc1ccc(NC(=O)CCC2CCCCC2)cc1[N+](=O)[O-]. The van der Waals surface area contributed by atoms with Crippen LogP contribution in [0.2, 0.25) is 0 Å². The van der Waals surface area contributed by atoms with Crippen LogP contribution in [-0.4, -0.2) is 17.9 Å². The second-order valence-electron chi connectivity index (χ2n) is 5.73. The first-order valence-electron chi connectivity index (χ1n) is 7.72. The molecule has 6 nitrogen and oxygen atoms in total. The molecule has 0 unspecified atom stereocenters. The molecule has 0 heterocycles. The fourth-order valence-corrected chi connectivity index (χ4v) is 2.94. The highest BCUT2D eigenvalue weighted by molar-refractivity contribution is 5.91. The number of ether oxygens (including phenoxy) is 1. The number of rotatable bonds is 6. The summed E-state index contributed by atoms with van der Waals surface area (Å²) >= 11 is 0. The van der Waals surface area contributed by atoms with E-state index in [2.05, 4.69) is 5.32 Å². The number of carbonyl (C=O) groups is 1. The maximum atomic E-state index is 12.0. The highest BCUT2D eigenvalue weighted by Gasteiger charge is 2.17. The third-order valence-electron chi connectivity index (χ3n) is 4.16. The number of hydrogen-bond acceptors (Lipinski definition) is 4. The Morgan fingerprint density at radius 2 is 2.09 bits per heavy atom. The van der Waals surface area contributed by atoms with Crippen molar-refractivity contribution in [3.63, 3.8) is 0 Å². The quantitative estimate of drug-likeness (QED) is 0.638. The summed E-state index contributed by atoms with van der Waals surface area (Å²) in [4.78, 5) is 22.4. The Morgan fingerprint density at radius 3 is 2.73 bits per heavy atom. The topological polar surface area (TPSA) is 81.5 Å². The molecule has 0 spiro atoms. The van der Waals surface area contributed by atoms with Crippen LogP contribution in [-0.2, 0) is 4.79 Å². The third kappa shape index (κ3) is 4.44. The Morgan fingerprint density at radius 1 is 1.36 bits per heavy atom. The van der Waals surface area contributed by atoms with Crippen LogP contribution >= 0.6 is 0 Å². The predicted molar refractivity (Wildman–Crippen MR) is 84.1 cm³/mol. The van der Waals surface area contributed by atoms with Gasteiger partial charge in [-0.2, -0.15) is 0 Å². The van der Waals surface area contributed by atoms with Crippen molar-refractivity contribution in [3.05, 3.63) is 28.3 Å². The molecule has 2 rings (SSSR count). The molecule has 0 bridgehead atoms. The van der Waals surface area contributed by atoms with Crippen molar-refractivity contribution in [2.45, 2.75) is 44.9 Å². The van der Waals surface area contributed by atoms with Gasteiger partial charge in [0.1, 0.15) is 0 Å². The van der Waals surface area contributed by atoms with E-state index in [1.807, 2.05) is 0 Å². The molecule has 6 heteroatoms. The van der Waals surface area contributed by atoms with Crippen LogP contribution in [0.25, 0.3) is 0 Å². The largest absolute Gasteiger partial charge is 0.490 e. The van der Waals surface area contributed by atoms with E-state index >= 15 is 0 Å². The minimum absolute atomic E-state index is 0.0926. The molecule has 22 heavy (non-hydrogen) atoms. The molecule has 1 aromatic rings. The number of anilines is 1. The van der Waals surface area contributed by atoms with Gasteiger partial charge in [-0.1, -0.05) is 32.1 Å². The molecule has 1 saturated carbocycles. The van der Waals surface area contributed by atoms with E-state index in [4.69, 9.17) is 4.74 Å². The van der Waals surface area contributed by atoms with E-state index in [1.54, 1.807) is 6.07 Å². The number of nitrogens with one attached hydrogen (secondary N) is 1. The van der Waals surface area contributed by atoms with Crippen LogP contribution in [0.4, 0.5) is 11.4 Å². The molecule has 1 aliphatic rings. The first kappa shape index (κ1) is 16.3. The minimum Gasteiger partial charge on any atom is -0.490 e. The predicted octanol–water partition coefficient (Wildman–Crippen LogP) is 3.90. The lowest BCUT2D eigenvalue weighted by atomic mass is 9.86. The number of nitro groups is 1. The van der Waals surface area contributed by atoms with E-state index in [0.29, 0.717) is 18.0 Å². The van der Waals surface area contributed by atoms with Gasteiger partial charge in [-0.05, 0) is 24.5 Å². The fourth-order valence-electron chi connectivity index (χ4n) is 2.94. The number of nitrogens with zero attached hydrogens (tertiary/aromatic N) is 1. The van der Waals surface area contributed by atoms with Crippen molar-refractivity contribution in [2.24, 2.45) is 5.92 Å². The lowest BCUT2D eigenvalue weighted by Gasteiger charge is -2.20. The Kier molecular flexibility index (Phi) is 5.75. The zero-order valence-corrected chi connectivity index (χ0v) is 12.8. The molecule has 1 aliphatic carbocycles. The standard InChI is InChI=1S/C16H22N2O4/c1-22-15-9-8-13(11-14(15)18(20)21)17-16(19)10-7-12-5-3-2-4-6-12/h8-9,11-12H,2-7,10H2,1H3,(H,17,19). The van der Waals surface area contributed by atoms with Crippen molar-refractivity contribution in [3.8, 4) is 5.75 Å². The third-order valence-corrected chi connectivity index (χ3v) is 4.16. The Hall–Kier alpha value is -2.11. The van der Waals surface area contributed by atoms with Crippen molar-refractivity contribution in [1.29, 1.82) is 0 Å². The van der Waals surface area contributed by atoms with Crippen molar-refractivity contribution in [1.82, 2.24) is 0 Å². The van der Waals surface area contributed by atoms with Crippen molar-refractivity contribution in [2.75, 3.05) is 12.4 Å². The lowest BCUT2D eigenvalue weighted by molar-refractivity contribution is -0.385. The van der Waals surface area contributed by atoms with Crippen molar-refractivity contribution >= 4 is 17.3 Å². The van der Waals surface area contributed by atoms with Gasteiger partial charge >= 0.3 is 5.69 Å². The lowest BCUT2D eigenvalue weighted by Crippen LogP contribution is -2.15. The van der Waals surface area contributed by atoms with Gasteiger partial charge in [0.25, 0.3) is 0 Å². The van der Waals surface area contributed by atoms with Crippen molar-refractivity contribution < 1.29 is 14.5 Å². The van der Waals surface area contributed by atoms with E-state index in [9.17, 15) is 14.9 Å². The summed E-state index contributed by atoms with van der Waals surface area (Å²) in [7, 11) is 1.38. The van der Waals surface area contributed by atoms with Gasteiger partial charge in [-0.3, -0.25) is 14.9 Å². The maximum absolute atomic E-state index is 12.0. The Labute approximate surface area is 130 Å². The number of hydrogen-bond donors (Lipinski definition) is 1. The van der Waals surface area contributed by atoms with E-state index < -0.39 is 4.92 Å². The number of nitro benzene ring substituents is 1. The summed E-state index contributed by atoms with van der Waals surface area (Å²) in [5.41, 5.74) is 0.286. The van der Waals surface area contributed by atoms with Gasteiger partial charge in [0.05, 0.1) is 12.0 Å². The summed E-state index contributed by atoms with van der Waals surface area (Å²) in [6, 6.07) is 4.44. The van der Waals surface area contributed by atoms with Gasteiger partial charge in [-0.25, -0.2) is 0 Å². The average molecular weight is 306 g/mol. The number of carbonyl (C=O) groups excluding carboxylic acids is 1. The molecular weight excluding hydrogens is 284 g/mol. The first-order chi connectivity index (χ1) is 10.6. The molecule has 0 radical (unpaired) electrons. The molecule has 1 N–H and O–H groups in total. The summed E-state index contributed by atoms with van der Waals surface area (Å²) < 4.78 is 4.94. The van der Waals surface area contributed by atoms with Crippen LogP contribution in [0.3, 0.4) is 0 Å². The highest BCUT2D eigenvalue weighted by Crippen LogP contribution is 2.30. The van der Waals surface area contributed by atoms with Gasteiger partial charge in [0.2, 0.25) is 5.91 Å². The van der Waals surface area contributed by atoms with Gasteiger partial charge in [0, 0.05) is 18.2 Å². The molecule has 120 valence electrons. The second kappa shape index (κ2) is 7.77. The van der Waals surface area contributed by atoms with E-state index in [-0.39, 0.29) is 17.3 Å². The zero-order valence-electron chi connectivity index (χ0n) is 12.8. The molecule has 0 aromatic heterocycles. The zero-order chi connectivity index (χ0) is 15.9. The van der Waals surface area contributed by atoms with E-state index in [1.165, 1.54) is 51.3 Å². The molecule has 1 amide bonds. The highest BCUT2D eigenvalue weighted by atomic mass is 16.6. The molecule has 1 aromatic carbocycles. The fraction of sp³-hybridized carbons (Fsp3) is 0.562. The maximum Gasteiger partial charge on any atom is 0.312 e. The second-order valence-corrected chi connectivity index (χ2v) is 5.73. The van der Waals surface area contributed by atoms with Crippen LogP contribution < -0.4 is 10.1 Å². The number of benzene rings is 1. The summed E-state index contributed by atoms with van der Waals surface area (Å²) in [6.45, 7) is 0. The van der Waals surface area contributed by atoms with Gasteiger partial charge < -0.3 is 10.1 Å². The van der Waals surface area contributed by atoms with E-state index in [0.717, 1.165) is 6.42 Å². The molecule has 0 aliphatic heterocycles. The smallest absolute Gasteiger partial charge is 0.312 e. The van der Waals surface area contributed by atoms with Crippen LogP contribution in [0.5, 0.6) is 5.75 Å². The van der Waals surface area contributed by atoms with Crippen LogP contribution in [0.15, 0.2) is 18.2 Å². The molecular formula is C16H22N2O4. The minimum atomic E-state index is -0.517. The number of methoxy groups -OCH3 is 1. The summed E-state index contributed by atoms with van der Waals surface area (Å²) in [6.07, 6.45) is 7.60. The average Bonchev–Trinajstić information content (AvgIpc) is 2.54. The molecule has 0 atom stereocenters. The summed E-state index contributed by atoms with van der Waals surface area (Å²) in [5.74, 6) is 0.736. The Balaban J connectivity index is 1.90. The van der Waals surface area contributed by atoms with Crippen LogP contribution in [0, 0.1) is 16.0 Å². The molecule has 1 fully saturated rings. The molecule has 0 saturated heterocycles. The van der Waals surface area contributed by atoms with Crippen LogP contribution in [0.1, 0.15) is 44.9 Å². The normalized spacial score (nSPS) is 15.3. The number of amides is 1. The first-order valence-corrected chi connectivity index (χ1v) is 7.72.